The fourth-order valence-corrected chi connectivity index (χ4v) is 1.61. The van der Waals surface area contributed by atoms with Crippen molar-refractivity contribution in [2.75, 3.05) is 5.32 Å². The molecule has 0 aromatic heterocycles. The summed E-state index contributed by atoms with van der Waals surface area (Å²) in [6.45, 7) is 2.01. The Morgan fingerprint density at radius 1 is 1.00 bits per heavy atom. The van der Waals surface area contributed by atoms with E-state index >= 15 is 0 Å². The molecular weight excluding hydrogens is 220 g/mol. The monoisotopic (exact) mass is 233 g/mol. The Morgan fingerprint density at radius 3 is 2.41 bits per heavy atom. The third kappa shape index (κ3) is 2.61. The van der Waals surface area contributed by atoms with Crippen molar-refractivity contribution < 1.29 is 8.78 Å². The molecule has 0 bridgehead atoms. The normalized spacial score (nSPS) is 10.3. The predicted molar refractivity (Wildman–Crippen MR) is 64.9 cm³/mol. The summed E-state index contributed by atoms with van der Waals surface area (Å²) in [7, 11) is 0. The van der Waals surface area contributed by atoms with Gasteiger partial charge in [-0.1, -0.05) is 36.4 Å². The standard InChI is InChI=1S/C14H13F2N/c1-10-7-8-12(15)14(13(10)16)17-9-11-5-3-2-4-6-11/h2-8,17H,9H2,1H3. The number of hydrogen-bond donors (Lipinski definition) is 1. The summed E-state index contributed by atoms with van der Waals surface area (Å²) in [5.41, 5.74) is 1.35. The van der Waals surface area contributed by atoms with Gasteiger partial charge >= 0.3 is 0 Å². The summed E-state index contributed by atoms with van der Waals surface area (Å²) < 4.78 is 27.1. The van der Waals surface area contributed by atoms with Crippen LogP contribution in [0.1, 0.15) is 11.1 Å². The third-order valence-electron chi connectivity index (χ3n) is 2.60. The maximum absolute atomic E-state index is 13.7. The lowest BCUT2D eigenvalue weighted by atomic mass is 10.2. The van der Waals surface area contributed by atoms with Gasteiger partial charge in [0.15, 0.2) is 5.82 Å². The Balaban J connectivity index is 2.17. The summed E-state index contributed by atoms with van der Waals surface area (Å²) in [5.74, 6) is -1.09. The quantitative estimate of drug-likeness (QED) is 0.848. The molecule has 0 spiro atoms. The Bertz CT molecular complexity index is 509. The SMILES string of the molecule is Cc1ccc(F)c(NCc2ccccc2)c1F. The van der Waals surface area contributed by atoms with Crippen molar-refractivity contribution in [3.63, 3.8) is 0 Å². The molecule has 0 fully saturated rings. The summed E-state index contributed by atoms with van der Waals surface area (Å²) in [6, 6.07) is 12.2. The molecule has 0 saturated heterocycles. The van der Waals surface area contributed by atoms with Crippen molar-refractivity contribution in [2.24, 2.45) is 0 Å². The largest absolute Gasteiger partial charge is 0.376 e. The average molecular weight is 233 g/mol. The Kier molecular flexibility index (Phi) is 3.38. The van der Waals surface area contributed by atoms with E-state index in [1.54, 1.807) is 6.92 Å². The van der Waals surface area contributed by atoms with Gasteiger partial charge in [0.25, 0.3) is 0 Å². The highest BCUT2D eigenvalue weighted by molar-refractivity contribution is 5.49. The zero-order chi connectivity index (χ0) is 12.3. The number of nitrogens with one attached hydrogen (secondary N) is 1. The van der Waals surface area contributed by atoms with Crippen molar-refractivity contribution >= 4 is 5.69 Å². The molecule has 0 unspecified atom stereocenters. The molecule has 0 aliphatic heterocycles. The number of benzene rings is 2. The van der Waals surface area contributed by atoms with Crippen LogP contribution in [-0.4, -0.2) is 0 Å². The second-order valence-corrected chi connectivity index (χ2v) is 3.89. The minimum absolute atomic E-state index is 0.0612. The van der Waals surface area contributed by atoms with E-state index in [0.29, 0.717) is 12.1 Å². The molecule has 1 nitrogen and oxygen atoms in total. The van der Waals surface area contributed by atoms with E-state index < -0.39 is 11.6 Å². The highest BCUT2D eigenvalue weighted by Crippen LogP contribution is 2.22. The van der Waals surface area contributed by atoms with Crippen LogP contribution in [0.2, 0.25) is 0 Å². The van der Waals surface area contributed by atoms with Crippen molar-refractivity contribution in [1.29, 1.82) is 0 Å². The van der Waals surface area contributed by atoms with Gasteiger partial charge in [0, 0.05) is 6.54 Å². The average Bonchev–Trinajstić information content (AvgIpc) is 2.35. The Labute approximate surface area is 99.1 Å². The summed E-state index contributed by atoms with van der Waals surface area (Å²) in [6.07, 6.45) is 0. The number of halogens is 2. The van der Waals surface area contributed by atoms with Crippen molar-refractivity contribution in [3.05, 3.63) is 65.2 Å². The van der Waals surface area contributed by atoms with Gasteiger partial charge in [0.05, 0.1) is 0 Å². The molecule has 2 rings (SSSR count). The van der Waals surface area contributed by atoms with Crippen LogP contribution in [0.5, 0.6) is 0 Å². The Hall–Kier alpha value is -1.90. The minimum atomic E-state index is -0.566. The zero-order valence-corrected chi connectivity index (χ0v) is 9.50. The molecule has 2 aromatic carbocycles. The second kappa shape index (κ2) is 4.95. The summed E-state index contributed by atoms with van der Waals surface area (Å²) >= 11 is 0. The van der Waals surface area contributed by atoms with Gasteiger partial charge < -0.3 is 5.32 Å². The molecular formula is C14H13F2N. The van der Waals surface area contributed by atoms with Gasteiger partial charge in [-0.3, -0.25) is 0 Å². The van der Waals surface area contributed by atoms with Gasteiger partial charge in [-0.15, -0.1) is 0 Å². The summed E-state index contributed by atoms with van der Waals surface area (Å²) in [4.78, 5) is 0. The number of anilines is 1. The first-order valence-electron chi connectivity index (χ1n) is 5.41. The molecule has 88 valence electrons. The fraction of sp³-hybridized carbons (Fsp3) is 0.143. The van der Waals surface area contributed by atoms with E-state index in [0.717, 1.165) is 5.56 Å². The van der Waals surface area contributed by atoms with E-state index in [1.165, 1.54) is 12.1 Å². The molecule has 0 heterocycles. The topological polar surface area (TPSA) is 12.0 Å². The number of rotatable bonds is 3. The van der Waals surface area contributed by atoms with E-state index in [4.69, 9.17) is 0 Å². The predicted octanol–water partition coefficient (Wildman–Crippen LogP) is 3.89. The first-order valence-corrected chi connectivity index (χ1v) is 5.41. The van der Waals surface area contributed by atoms with Gasteiger partial charge in [-0.2, -0.15) is 0 Å². The first-order chi connectivity index (χ1) is 8.18. The smallest absolute Gasteiger partial charge is 0.152 e. The van der Waals surface area contributed by atoms with Crippen molar-refractivity contribution in [2.45, 2.75) is 13.5 Å². The molecule has 3 heteroatoms. The summed E-state index contributed by atoms with van der Waals surface area (Å²) in [5, 5.41) is 2.79. The minimum Gasteiger partial charge on any atom is -0.376 e. The van der Waals surface area contributed by atoms with Crippen molar-refractivity contribution in [3.8, 4) is 0 Å². The molecule has 1 N–H and O–H groups in total. The van der Waals surface area contributed by atoms with E-state index in [1.807, 2.05) is 30.3 Å². The lowest BCUT2D eigenvalue weighted by Crippen LogP contribution is -2.04. The van der Waals surface area contributed by atoms with Gasteiger partial charge in [0.2, 0.25) is 0 Å². The van der Waals surface area contributed by atoms with Gasteiger partial charge in [-0.05, 0) is 24.1 Å². The molecule has 2 aromatic rings. The van der Waals surface area contributed by atoms with Crippen LogP contribution in [0.3, 0.4) is 0 Å². The fourth-order valence-electron chi connectivity index (χ4n) is 1.61. The van der Waals surface area contributed by atoms with E-state index in [2.05, 4.69) is 5.32 Å². The maximum Gasteiger partial charge on any atom is 0.152 e. The molecule has 17 heavy (non-hydrogen) atoms. The highest BCUT2D eigenvalue weighted by Gasteiger charge is 2.10. The van der Waals surface area contributed by atoms with Crippen LogP contribution in [-0.2, 0) is 6.54 Å². The van der Waals surface area contributed by atoms with Crippen LogP contribution in [0.4, 0.5) is 14.5 Å². The lowest BCUT2D eigenvalue weighted by molar-refractivity contribution is 0.582. The second-order valence-electron chi connectivity index (χ2n) is 3.89. The molecule has 0 saturated carbocycles. The van der Waals surface area contributed by atoms with E-state index in [-0.39, 0.29) is 5.69 Å². The third-order valence-corrected chi connectivity index (χ3v) is 2.60. The van der Waals surface area contributed by atoms with Crippen molar-refractivity contribution in [1.82, 2.24) is 0 Å². The molecule has 0 aliphatic carbocycles. The lowest BCUT2D eigenvalue weighted by Gasteiger charge is -2.10. The maximum atomic E-state index is 13.7. The van der Waals surface area contributed by atoms with Crippen LogP contribution >= 0.6 is 0 Å². The molecule has 0 atom stereocenters. The Morgan fingerprint density at radius 2 is 1.71 bits per heavy atom. The molecule has 0 radical (unpaired) electrons. The first kappa shape index (κ1) is 11.6. The molecule has 0 amide bonds. The zero-order valence-electron chi connectivity index (χ0n) is 9.50. The number of hydrogen-bond acceptors (Lipinski definition) is 1. The van der Waals surface area contributed by atoms with Crippen LogP contribution in [0.25, 0.3) is 0 Å². The van der Waals surface area contributed by atoms with Gasteiger partial charge in [0.1, 0.15) is 11.5 Å². The highest BCUT2D eigenvalue weighted by atomic mass is 19.1. The number of aryl methyl sites for hydroxylation is 1. The van der Waals surface area contributed by atoms with Gasteiger partial charge in [-0.25, -0.2) is 8.78 Å². The van der Waals surface area contributed by atoms with Crippen LogP contribution < -0.4 is 5.32 Å². The molecule has 0 aliphatic rings. The van der Waals surface area contributed by atoms with Crippen LogP contribution in [0, 0.1) is 18.6 Å². The van der Waals surface area contributed by atoms with Crippen LogP contribution in [0.15, 0.2) is 42.5 Å². The van der Waals surface area contributed by atoms with E-state index in [9.17, 15) is 8.78 Å².